The van der Waals surface area contributed by atoms with Crippen molar-refractivity contribution in [3.63, 3.8) is 0 Å². The summed E-state index contributed by atoms with van der Waals surface area (Å²) in [5.41, 5.74) is 1.05. The monoisotopic (exact) mass is 275 g/mol. The Morgan fingerprint density at radius 2 is 1.79 bits per heavy atom. The van der Waals surface area contributed by atoms with Crippen LogP contribution in [0.1, 0.15) is 0 Å². The molecule has 0 radical (unpaired) electrons. The van der Waals surface area contributed by atoms with E-state index in [9.17, 15) is 0 Å². The highest BCUT2D eigenvalue weighted by Crippen LogP contribution is 2.19. The fourth-order valence-corrected chi connectivity index (χ4v) is 2.55. The quantitative estimate of drug-likeness (QED) is 0.847. The molecule has 5 nitrogen and oxygen atoms in total. The van der Waals surface area contributed by atoms with Crippen molar-refractivity contribution in [1.82, 2.24) is 19.7 Å². The van der Waals surface area contributed by atoms with Gasteiger partial charge in [0.15, 0.2) is 0 Å². The van der Waals surface area contributed by atoms with Crippen molar-refractivity contribution in [2.75, 3.05) is 38.1 Å². The maximum absolute atomic E-state index is 5.36. The Labute approximate surface area is 117 Å². The van der Waals surface area contributed by atoms with Gasteiger partial charge in [-0.3, -0.25) is 4.57 Å². The van der Waals surface area contributed by atoms with Crippen LogP contribution in [0.4, 0.5) is 5.95 Å². The van der Waals surface area contributed by atoms with Crippen molar-refractivity contribution in [2.45, 2.75) is 0 Å². The maximum atomic E-state index is 5.36. The average Bonchev–Trinajstić information content (AvgIpc) is 2.82. The molecule has 1 aromatic heterocycles. The van der Waals surface area contributed by atoms with Crippen LogP contribution in [0.25, 0.3) is 5.69 Å². The number of benzene rings is 1. The summed E-state index contributed by atoms with van der Waals surface area (Å²) in [5.74, 6) is 0.907. The molecule has 2 aromatic rings. The highest BCUT2D eigenvalue weighted by atomic mass is 32.1. The number of piperazine rings is 1. The number of H-pyrrole nitrogens is 1. The second-order valence-electron chi connectivity index (χ2n) is 4.79. The van der Waals surface area contributed by atoms with Crippen molar-refractivity contribution in [3.05, 3.63) is 35.1 Å². The van der Waals surface area contributed by atoms with Crippen LogP contribution in [0.15, 0.2) is 30.3 Å². The van der Waals surface area contributed by atoms with E-state index in [0.29, 0.717) is 4.77 Å². The SMILES string of the molecule is CN1CCN(c2n[nH]c(=S)n2-c2ccccc2)CC1. The molecule has 0 bridgehead atoms. The summed E-state index contributed by atoms with van der Waals surface area (Å²) in [6.45, 7) is 4.05. The van der Waals surface area contributed by atoms with Gasteiger partial charge in [0.25, 0.3) is 0 Å². The molecule has 100 valence electrons. The number of nitrogens with zero attached hydrogens (tertiary/aromatic N) is 4. The number of rotatable bonds is 2. The normalized spacial score (nSPS) is 16.8. The van der Waals surface area contributed by atoms with Crippen molar-refractivity contribution >= 4 is 18.2 Å². The molecular weight excluding hydrogens is 258 g/mol. The van der Waals surface area contributed by atoms with Gasteiger partial charge in [-0.2, -0.15) is 0 Å². The van der Waals surface area contributed by atoms with Gasteiger partial charge in [-0.25, -0.2) is 5.10 Å². The minimum absolute atomic E-state index is 0.639. The molecule has 6 heteroatoms. The van der Waals surface area contributed by atoms with Crippen LogP contribution < -0.4 is 4.90 Å². The number of aromatic amines is 1. The van der Waals surface area contributed by atoms with E-state index in [0.717, 1.165) is 37.8 Å². The Hall–Kier alpha value is -1.66. The number of hydrogen-bond donors (Lipinski definition) is 1. The molecule has 0 atom stereocenters. The molecule has 0 aliphatic carbocycles. The molecule has 1 aromatic carbocycles. The van der Waals surface area contributed by atoms with Crippen LogP contribution in [0.5, 0.6) is 0 Å². The van der Waals surface area contributed by atoms with Gasteiger partial charge in [0, 0.05) is 26.2 Å². The van der Waals surface area contributed by atoms with Crippen molar-refractivity contribution in [1.29, 1.82) is 0 Å². The topological polar surface area (TPSA) is 40.1 Å². The van der Waals surface area contributed by atoms with Crippen molar-refractivity contribution in [3.8, 4) is 5.69 Å². The first-order chi connectivity index (χ1) is 9.25. The number of nitrogens with one attached hydrogen (secondary N) is 1. The van der Waals surface area contributed by atoms with Gasteiger partial charge in [-0.1, -0.05) is 18.2 Å². The molecule has 0 saturated carbocycles. The summed E-state index contributed by atoms with van der Waals surface area (Å²) in [7, 11) is 2.14. The minimum Gasteiger partial charge on any atom is -0.338 e. The molecule has 1 aliphatic rings. The summed E-state index contributed by atoms with van der Waals surface area (Å²) in [6, 6.07) is 10.1. The van der Waals surface area contributed by atoms with Gasteiger partial charge in [0.2, 0.25) is 10.7 Å². The number of anilines is 1. The molecule has 3 rings (SSSR count). The van der Waals surface area contributed by atoms with E-state index < -0.39 is 0 Å². The van der Waals surface area contributed by atoms with E-state index in [1.807, 2.05) is 34.9 Å². The molecule has 1 saturated heterocycles. The molecule has 19 heavy (non-hydrogen) atoms. The Kier molecular flexibility index (Phi) is 3.35. The molecule has 0 spiro atoms. The van der Waals surface area contributed by atoms with Gasteiger partial charge < -0.3 is 9.80 Å². The van der Waals surface area contributed by atoms with E-state index >= 15 is 0 Å². The number of likely N-dealkylation sites (N-methyl/N-ethyl adjacent to an activating group) is 1. The third-order valence-electron chi connectivity index (χ3n) is 3.46. The lowest BCUT2D eigenvalue weighted by molar-refractivity contribution is 0.310. The zero-order chi connectivity index (χ0) is 13.2. The second-order valence-corrected chi connectivity index (χ2v) is 5.18. The zero-order valence-corrected chi connectivity index (χ0v) is 11.7. The zero-order valence-electron chi connectivity index (χ0n) is 10.9. The van der Waals surface area contributed by atoms with Crippen molar-refractivity contribution < 1.29 is 0 Å². The first kappa shape index (κ1) is 12.4. The van der Waals surface area contributed by atoms with E-state index in [-0.39, 0.29) is 0 Å². The second kappa shape index (κ2) is 5.14. The van der Waals surface area contributed by atoms with E-state index in [2.05, 4.69) is 27.0 Å². The standard InChI is InChI=1S/C13H17N5S/c1-16-7-9-17(10-8-16)12-14-15-13(19)18(12)11-5-3-2-4-6-11/h2-6H,7-10H2,1H3,(H,15,19). The van der Waals surface area contributed by atoms with Crippen LogP contribution >= 0.6 is 12.2 Å². The number of para-hydroxylation sites is 1. The van der Waals surface area contributed by atoms with E-state index in [4.69, 9.17) is 12.2 Å². The highest BCUT2D eigenvalue weighted by molar-refractivity contribution is 7.71. The summed E-state index contributed by atoms with van der Waals surface area (Å²) < 4.78 is 2.64. The van der Waals surface area contributed by atoms with Crippen LogP contribution in [0.2, 0.25) is 0 Å². The van der Waals surface area contributed by atoms with Gasteiger partial charge in [0.05, 0.1) is 5.69 Å². The Morgan fingerprint density at radius 3 is 2.47 bits per heavy atom. The van der Waals surface area contributed by atoms with Gasteiger partial charge in [-0.05, 0) is 31.4 Å². The molecule has 2 heterocycles. The fourth-order valence-electron chi connectivity index (χ4n) is 2.32. The molecule has 0 unspecified atom stereocenters. The third kappa shape index (κ3) is 2.41. The maximum Gasteiger partial charge on any atom is 0.230 e. The lowest BCUT2D eigenvalue weighted by Gasteiger charge is -2.32. The van der Waals surface area contributed by atoms with Crippen LogP contribution in [-0.2, 0) is 0 Å². The van der Waals surface area contributed by atoms with Crippen LogP contribution in [0, 0.1) is 4.77 Å². The summed E-state index contributed by atoms with van der Waals surface area (Å²) in [6.07, 6.45) is 0. The number of hydrogen-bond acceptors (Lipinski definition) is 4. The highest BCUT2D eigenvalue weighted by Gasteiger charge is 2.19. The predicted octanol–water partition coefficient (Wildman–Crippen LogP) is 1.68. The Bertz CT molecular complexity index is 595. The van der Waals surface area contributed by atoms with Gasteiger partial charge >= 0.3 is 0 Å². The minimum atomic E-state index is 0.639. The van der Waals surface area contributed by atoms with Crippen LogP contribution in [-0.4, -0.2) is 52.9 Å². The van der Waals surface area contributed by atoms with Crippen molar-refractivity contribution in [2.24, 2.45) is 0 Å². The first-order valence-corrected chi connectivity index (χ1v) is 6.83. The fraction of sp³-hybridized carbons (Fsp3) is 0.385. The van der Waals surface area contributed by atoms with Crippen LogP contribution in [0.3, 0.4) is 0 Å². The molecular formula is C13H17N5S. The lowest BCUT2D eigenvalue weighted by atomic mass is 10.3. The lowest BCUT2D eigenvalue weighted by Crippen LogP contribution is -2.45. The first-order valence-electron chi connectivity index (χ1n) is 6.42. The Morgan fingerprint density at radius 1 is 1.11 bits per heavy atom. The largest absolute Gasteiger partial charge is 0.338 e. The molecule has 1 fully saturated rings. The molecule has 1 aliphatic heterocycles. The Balaban J connectivity index is 1.97. The summed E-state index contributed by atoms with van der Waals surface area (Å²) in [4.78, 5) is 4.60. The molecule has 1 N–H and O–H groups in total. The van der Waals surface area contributed by atoms with Gasteiger partial charge in [-0.15, -0.1) is 5.10 Å². The average molecular weight is 275 g/mol. The number of aromatic nitrogens is 3. The van der Waals surface area contributed by atoms with E-state index in [1.165, 1.54) is 0 Å². The predicted molar refractivity (Wildman–Crippen MR) is 78.5 cm³/mol. The van der Waals surface area contributed by atoms with Gasteiger partial charge in [0.1, 0.15) is 0 Å². The smallest absolute Gasteiger partial charge is 0.230 e. The summed E-state index contributed by atoms with van der Waals surface area (Å²) in [5, 5.41) is 7.30. The summed E-state index contributed by atoms with van der Waals surface area (Å²) >= 11 is 5.36. The third-order valence-corrected chi connectivity index (χ3v) is 3.73. The molecule has 0 amide bonds. The van der Waals surface area contributed by atoms with E-state index in [1.54, 1.807) is 0 Å².